The Morgan fingerprint density at radius 3 is 2.21 bits per heavy atom. The van der Waals surface area contributed by atoms with Gasteiger partial charge in [-0.15, -0.1) is 0 Å². The molecule has 0 aliphatic rings. The number of hydrogen-bond donors (Lipinski definition) is 1. The number of ether oxygens (including phenoxy) is 3. The fourth-order valence-electron chi connectivity index (χ4n) is 1.54. The van der Waals surface area contributed by atoms with E-state index >= 15 is 0 Å². The molecule has 0 unspecified atom stereocenters. The molecule has 0 saturated heterocycles. The van der Waals surface area contributed by atoms with E-state index in [0.717, 1.165) is 30.2 Å². The first-order valence-corrected chi connectivity index (χ1v) is 5.82. The number of halogens is 1. The molecule has 0 radical (unpaired) electrons. The molecule has 0 aliphatic carbocycles. The molecule has 0 saturated carbocycles. The number of methoxy groups -OCH3 is 2. The quantitative estimate of drug-likeness (QED) is 0.439. The molecule has 1 aromatic rings. The first-order valence-electron chi connectivity index (χ1n) is 5.82. The third kappa shape index (κ3) is 6.88. The highest BCUT2D eigenvalue weighted by molar-refractivity contribution is 5.65. The van der Waals surface area contributed by atoms with Crippen LogP contribution in [0.15, 0.2) is 18.2 Å². The maximum Gasteiger partial charge on any atom is 0.302 e. The molecule has 0 aromatic heterocycles. The highest BCUT2D eigenvalue weighted by atomic mass is 35.5. The van der Waals surface area contributed by atoms with Gasteiger partial charge in [-0.05, 0) is 12.1 Å². The van der Waals surface area contributed by atoms with Crippen molar-refractivity contribution < 1.29 is 36.7 Å². The van der Waals surface area contributed by atoms with Crippen LogP contribution < -0.4 is 27.2 Å². The van der Waals surface area contributed by atoms with E-state index in [1.54, 1.807) is 14.2 Å². The van der Waals surface area contributed by atoms with E-state index in [0.29, 0.717) is 6.61 Å². The Morgan fingerprint density at radius 2 is 1.74 bits per heavy atom. The zero-order valence-electron chi connectivity index (χ0n) is 11.4. The van der Waals surface area contributed by atoms with Gasteiger partial charge in [0.2, 0.25) is 0 Å². The molecule has 0 aliphatic heterocycles. The molecule has 0 bridgehead atoms. The van der Waals surface area contributed by atoms with Gasteiger partial charge in [0.15, 0.2) is 0 Å². The Morgan fingerprint density at radius 1 is 1.16 bits per heavy atom. The Labute approximate surface area is 119 Å². The summed E-state index contributed by atoms with van der Waals surface area (Å²) in [6.07, 6.45) is 0. The summed E-state index contributed by atoms with van der Waals surface area (Å²) in [4.78, 5) is 10.6. The van der Waals surface area contributed by atoms with Gasteiger partial charge in [0.25, 0.3) is 0 Å². The number of hydrogen-bond acceptors (Lipinski definition) is 4. The average Bonchev–Trinajstić information content (AvgIpc) is 2.37. The summed E-state index contributed by atoms with van der Waals surface area (Å²) >= 11 is 0. The van der Waals surface area contributed by atoms with Gasteiger partial charge in [0, 0.05) is 18.6 Å². The Balaban J connectivity index is 0.00000324. The normalized spacial score (nSPS) is 9.42. The van der Waals surface area contributed by atoms with Crippen LogP contribution in [0.5, 0.6) is 11.5 Å². The van der Waals surface area contributed by atoms with Crippen molar-refractivity contribution in [2.45, 2.75) is 13.5 Å². The molecule has 0 fully saturated rings. The van der Waals surface area contributed by atoms with E-state index in [9.17, 15) is 4.79 Å². The molecule has 5 nitrogen and oxygen atoms in total. The fourth-order valence-corrected chi connectivity index (χ4v) is 1.54. The Hall–Kier alpha value is -1.46. The van der Waals surface area contributed by atoms with Crippen molar-refractivity contribution in [3.63, 3.8) is 0 Å². The van der Waals surface area contributed by atoms with E-state index in [1.165, 1.54) is 6.92 Å². The smallest absolute Gasteiger partial charge is 0.302 e. The van der Waals surface area contributed by atoms with Crippen molar-refractivity contribution in [2.75, 3.05) is 27.4 Å². The number of carbonyl (C=O) groups is 1. The van der Waals surface area contributed by atoms with Crippen LogP contribution in [0.1, 0.15) is 12.5 Å². The third-order valence-electron chi connectivity index (χ3n) is 2.42. The zero-order chi connectivity index (χ0) is 13.4. The maximum atomic E-state index is 10.6. The van der Waals surface area contributed by atoms with E-state index in [1.807, 2.05) is 18.2 Å². The van der Waals surface area contributed by atoms with Gasteiger partial charge >= 0.3 is 5.97 Å². The van der Waals surface area contributed by atoms with Crippen molar-refractivity contribution >= 4 is 5.97 Å². The molecular weight excluding hydrogens is 270 g/mol. The Bertz CT molecular complexity index is 376. The van der Waals surface area contributed by atoms with E-state index in [-0.39, 0.29) is 18.4 Å². The number of rotatable bonds is 7. The van der Waals surface area contributed by atoms with Gasteiger partial charge in [-0.25, -0.2) is 0 Å². The average molecular weight is 290 g/mol. The summed E-state index contributed by atoms with van der Waals surface area (Å²) < 4.78 is 15.2. The number of carbonyl (C=O) groups excluding carboxylic acids is 1. The van der Waals surface area contributed by atoms with Gasteiger partial charge in [0.1, 0.15) is 31.2 Å². The third-order valence-corrected chi connectivity index (χ3v) is 2.42. The number of benzene rings is 1. The lowest BCUT2D eigenvalue weighted by molar-refractivity contribution is -0.671. The summed E-state index contributed by atoms with van der Waals surface area (Å²) in [5, 5.41) is 2.07. The molecule has 0 heterocycles. The number of quaternary nitrogens is 1. The molecule has 19 heavy (non-hydrogen) atoms. The van der Waals surface area contributed by atoms with Crippen molar-refractivity contribution in [3.8, 4) is 11.5 Å². The molecule has 1 rings (SSSR count). The zero-order valence-corrected chi connectivity index (χ0v) is 12.2. The van der Waals surface area contributed by atoms with Gasteiger partial charge in [-0.1, -0.05) is 0 Å². The highest BCUT2D eigenvalue weighted by Gasteiger charge is 2.03. The maximum absolute atomic E-state index is 10.6. The SMILES string of the molecule is COc1cc(C[NH2+]CCOC(C)=O)cc(OC)c1.[Cl-]. The van der Waals surface area contributed by atoms with E-state index in [2.05, 4.69) is 5.32 Å². The summed E-state index contributed by atoms with van der Waals surface area (Å²) in [7, 11) is 3.26. The molecule has 1 aromatic carbocycles. The standard InChI is InChI=1S/C13H19NO4.ClH/c1-10(15)18-5-4-14-9-11-6-12(16-2)8-13(7-11)17-3;/h6-8,14H,4-5,9H2,1-3H3;1H. The molecule has 0 amide bonds. The van der Waals surface area contributed by atoms with Crippen LogP contribution in [0.4, 0.5) is 0 Å². The lowest BCUT2D eigenvalue weighted by atomic mass is 10.2. The van der Waals surface area contributed by atoms with Crippen LogP contribution in [0.25, 0.3) is 0 Å². The predicted molar refractivity (Wildman–Crippen MR) is 66.7 cm³/mol. The fraction of sp³-hybridized carbons (Fsp3) is 0.462. The number of esters is 1. The second kappa shape index (κ2) is 9.47. The van der Waals surface area contributed by atoms with Crippen LogP contribution in [0.2, 0.25) is 0 Å². The van der Waals surface area contributed by atoms with Crippen molar-refractivity contribution in [1.82, 2.24) is 0 Å². The van der Waals surface area contributed by atoms with E-state index < -0.39 is 0 Å². The van der Waals surface area contributed by atoms with Crippen molar-refractivity contribution in [3.05, 3.63) is 23.8 Å². The minimum Gasteiger partial charge on any atom is -1.00 e. The van der Waals surface area contributed by atoms with Crippen LogP contribution in [-0.2, 0) is 16.1 Å². The van der Waals surface area contributed by atoms with E-state index in [4.69, 9.17) is 14.2 Å². The second-order valence-electron chi connectivity index (χ2n) is 3.84. The van der Waals surface area contributed by atoms with Crippen molar-refractivity contribution in [1.29, 1.82) is 0 Å². The van der Waals surface area contributed by atoms with Crippen LogP contribution in [0.3, 0.4) is 0 Å². The summed E-state index contributed by atoms with van der Waals surface area (Å²) in [6, 6.07) is 5.76. The largest absolute Gasteiger partial charge is 1.00 e. The molecule has 108 valence electrons. The van der Waals surface area contributed by atoms with Gasteiger partial charge in [-0.3, -0.25) is 4.79 Å². The van der Waals surface area contributed by atoms with Gasteiger partial charge < -0.3 is 31.9 Å². The molecule has 0 spiro atoms. The van der Waals surface area contributed by atoms with Crippen LogP contribution in [0, 0.1) is 0 Å². The summed E-state index contributed by atoms with van der Waals surface area (Å²) in [5.74, 6) is 1.31. The molecule has 6 heteroatoms. The minimum atomic E-state index is -0.244. The topological polar surface area (TPSA) is 61.4 Å². The minimum absolute atomic E-state index is 0. The lowest BCUT2D eigenvalue weighted by Gasteiger charge is -2.08. The monoisotopic (exact) mass is 289 g/mol. The highest BCUT2D eigenvalue weighted by Crippen LogP contribution is 2.21. The molecule has 0 atom stereocenters. The summed E-state index contributed by atoms with van der Waals surface area (Å²) in [5.41, 5.74) is 1.11. The van der Waals surface area contributed by atoms with Crippen molar-refractivity contribution in [2.24, 2.45) is 0 Å². The number of nitrogens with two attached hydrogens (primary N) is 1. The Kier molecular flexibility index (Phi) is 8.74. The van der Waals surface area contributed by atoms with Gasteiger partial charge in [0.05, 0.1) is 14.2 Å². The lowest BCUT2D eigenvalue weighted by Crippen LogP contribution is -3.00. The first kappa shape index (κ1) is 17.5. The van der Waals surface area contributed by atoms with Gasteiger partial charge in [-0.2, -0.15) is 0 Å². The van der Waals surface area contributed by atoms with Crippen LogP contribution >= 0.6 is 0 Å². The second-order valence-corrected chi connectivity index (χ2v) is 3.84. The molecule has 2 N–H and O–H groups in total. The summed E-state index contributed by atoms with van der Waals surface area (Å²) in [6.45, 7) is 3.36. The molecular formula is C13H20ClNO4. The van der Waals surface area contributed by atoms with Crippen LogP contribution in [-0.4, -0.2) is 33.3 Å². The first-order chi connectivity index (χ1) is 8.65. The predicted octanol–water partition coefficient (Wildman–Crippen LogP) is -2.67.